The largest absolute Gasteiger partial charge is 0.489 e. The van der Waals surface area contributed by atoms with Gasteiger partial charge in [0, 0.05) is 37.5 Å². The molecule has 0 radical (unpaired) electrons. The van der Waals surface area contributed by atoms with Crippen LogP contribution in [0.5, 0.6) is 5.75 Å². The fraction of sp³-hybridized carbons (Fsp3) is 0.270. The van der Waals surface area contributed by atoms with Gasteiger partial charge in [0.15, 0.2) is 9.84 Å². The van der Waals surface area contributed by atoms with E-state index in [1.54, 1.807) is 56.6 Å². The second-order valence-corrected chi connectivity index (χ2v) is 14.3. The molecule has 4 aromatic carbocycles. The van der Waals surface area contributed by atoms with Gasteiger partial charge in [-0.25, -0.2) is 18.2 Å². The number of hydrogen-bond acceptors (Lipinski definition) is 6. The fourth-order valence-corrected chi connectivity index (χ4v) is 6.90. The number of carbonyl (C=O) groups is 2. The molecule has 9 nitrogen and oxygen atoms in total. The van der Waals surface area contributed by atoms with E-state index in [9.17, 15) is 23.1 Å². The number of rotatable bonds is 9. The number of halogens is 1. The van der Waals surface area contributed by atoms with Crippen LogP contribution >= 0.6 is 12.4 Å². The monoisotopic (exact) mass is 687 g/mol. The van der Waals surface area contributed by atoms with Crippen molar-refractivity contribution in [2.45, 2.75) is 49.6 Å². The summed E-state index contributed by atoms with van der Waals surface area (Å²) in [6.07, 6.45) is 6.79. The summed E-state index contributed by atoms with van der Waals surface area (Å²) in [5.41, 5.74) is 5.65. The van der Waals surface area contributed by atoms with Crippen LogP contribution in [0.3, 0.4) is 0 Å². The van der Waals surface area contributed by atoms with Crippen LogP contribution in [0.15, 0.2) is 89.8 Å². The summed E-state index contributed by atoms with van der Waals surface area (Å²) in [7, 11) is 0.0635. The highest BCUT2D eigenvalue weighted by Crippen LogP contribution is 2.37. The predicted octanol–water partition coefficient (Wildman–Crippen LogP) is 7.68. The standard InChI is InChI=1S/C37H37N3O6S.ClH/c1-39(2)36(41)26-13-19-32(24-11-17-31(18-12-24)47(3,44)45)28(21-26)23-46-30-15-9-25(10-16-30)35-38-33-22-27(37(42)43)14-20-34(33)40(35)29-7-5-4-6-8-29;/h9-22,29H,4-8,23H2,1-3H3,(H,42,43);1H. The molecule has 1 aliphatic rings. The predicted molar refractivity (Wildman–Crippen MR) is 189 cm³/mol. The fourth-order valence-electron chi connectivity index (χ4n) is 6.27. The van der Waals surface area contributed by atoms with E-state index in [0.717, 1.165) is 59.3 Å². The van der Waals surface area contributed by atoms with Gasteiger partial charge in [0.25, 0.3) is 5.91 Å². The molecule has 1 N–H and O–H groups in total. The van der Waals surface area contributed by atoms with Crippen molar-refractivity contribution in [2.24, 2.45) is 0 Å². The zero-order valence-electron chi connectivity index (χ0n) is 27.0. The zero-order chi connectivity index (χ0) is 33.3. The van der Waals surface area contributed by atoms with E-state index in [1.807, 2.05) is 42.5 Å². The Morgan fingerprint density at radius 3 is 2.15 bits per heavy atom. The normalized spacial score (nSPS) is 13.6. The van der Waals surface area contributed by atoms with Crippen molar-refractivity contribution in [3.63, 3.8) is 0 Å². The minimum Gasteiger partial charge on any atom is -0.489 e. The lowest BCUT2D eigenvalue weighted by atomic mass is 9.95. The van der Waals surface area contributed by atoms with Gasteiger partial charge in [0.2, 0.25) is 0 Å². The number of aromatic carboxylic acids is 1. The zero-order valence-corrected chi connectivity index (χ0v) is 28.7. The molecule has 1 aliphatic carbocycles. The molecule has 5 aromatic rings. The third-order valence-electron chi connectivity index (χ3n) is 8.73. The van der Waals surface area contributed by atoms with Crippen molar-refractivity contribution in [2.75, 3.05) is 20.4 Å². The quantitative estimate of drug-likeness (QED) is 0.169. The average Bonchev–Trinajstić information content (AvgIpc) is 3.46. The summed E-state index contributed by atoms with van der Waals surface area (Å²) in [6, 6.07) is 25.2. The van der Waals surface area contributed by atoms with Crippen LogP contribution in [-0.2, 0) is 16.4 Å². The van der Waals surface area contributed by atoms with Crippen LogP contribution in [0.2, 0.25) is 0 Å². The number of benzene rings is 4. The lowest BCUT2D eigenvalue weighted by molar-refractivity contribution is 0.0696. The number of hydrogen-bond donors (Lipinski definition) is 1. The third kappa shape index (κ3) is 7.24. The molecule has 0 saturated heterocycles. The van der Waals surface area contributed by atoms with Gasteiger partial charge in [0.05, 0.1) is 21.5 Å². The Hall–Kier alpha value is -4.67. The van der Waals surface area contributed by atoms with Gasteiger partial charge >= 0.3 is 5.97 Å². The molecule has 1 amide bonds. The van der Waals surface area contributed by atoms with E-state index < -0.39 is 15.8 Å². The molecule has 48 heavy (non-hydrogen) atoms. The SMILES string of the molecule is CN(C)C(=O)c1ccc(-c2ccc(S(C)(=O)=O)cc2)c(COc2ccc(-c3nc4cc(C(=O)O)ccc4n3C3CCCCC3)cc2)c1.Cl. The van der Waals surface area contributed by atoms with Gasteiger partial charge in [-0.15, -0.1) is 12.4 Å². The second kappa shape index (κ2) is 14.2. The van der Waals surface area contributed by atoms with E-state index >= 15 is 0 Å². The number of carboxylic acids is 1. The van der Waals surface area contributed by atoms with Crippen LogP contribution in [0, 0.1) is 0 Å². The minimum absolute atomic E-state index is 0. The van der Waals surface area contributed by atoms with E-state index in [-0.39, 0.29) is 41.4 Å². The van der Waals surface area contributed by atoms with Gasteiger partial charge < -0.3 is 19.3 Å². The van der Waals surface area contributed by atoms with Gasteiger partial charge in [-0.05, 0) is 96.3 Å². The first-order valence-electron chi connectivity index (χ1n) is 15.6. The third-order valence-corrected chi connectivity index (χ3v) is 9.86. The van der Waals surface area contributed by atoms with Gasteiger partial charge in [-0.1, -0.05) is 37.5 Å². The maximum Gasteiger partial charge on any atom is 0.335 e. The van der Waals surface area contributed by atoms with Gasteiger partial charge in [-0.3, -0.25) is 4.79 Å². The lowest BCUT2D eigenvalue weighted by Gasteiger charge is -2.25. The second-order valence-electron chi connectivity index (χ2n) is 12.3. The smallest absolute Gasteiger partial charge is 0.335 e. The molecule has 6 rings (SSSR count). The Bertz CT molecular complexity index is 2070. The minimum atomic E-state index is -3.34. The molecule has 0 bridgehead atoms. The number of fused-ring (bicyclic) bond motifs is 1. The summed E-state index contributed by atoms with van der Waals surface area (Å²) in [5, 5.41) is 9.55. The highest BCUT2D eigenvalue weighted by molar-refractivity contribution is 7.90. The number of amides is 1. The molecule has 0 unspecified atom stereocenters. The summed E-state index contributed by atoms with van der Waals surface area (Å²) in [4.78, 5) is 31.1. The number of imidazole rings is 1. The van der Waals surface area contributed by atoms with Crippen molar-refractivity contribution >= 4 is 45.2 Å². The highest BCUT2D eigenvalue weighted by atomic mass is 35.5. The number of carboxylic acid groups (broad SMARTS) is 1. The van der Waals surface area contributed by atoms with Crippen LogP contribution in [0.25, 0.3) is 33.5 Å². The summed E-state index contributed by atoms with van der Waals surface area (Å²) in [6.45, 7) is 0.176. The van der Waals surface area contributed by atoms with E-state index in [0.29, 0.717) is 16.8 Å². The first kappa shape index (κ1) is 34.7. The molecule has 1 heterocycles. The van der Waals surface area contributed by atoms with Crippen molar-refractivity contribution in [1.29, 1.82) is 0 Å². The lowest BCUT2D eigenvalue weighted by Crippen LogP contribution is -2.21. The first-order valence-corrected chi connectivity index (χ1v) is 17.5. The maximum absolute atomic E-state index is 12.8. The van der Waals surface area contributed by atoms with Gasteiger partial charge in [0.1, 0.15) is 18.2 Å². The molecule has 0 aliphatic heterocycles. The topological polar surface area (TPSA) is 119 Å². The number of sulfone groups is 1. The molecule has 1 fully saturated rings. The highest BCUT2D eigenvalue weighted by Gasteiger charge is 2.23. The van der Waals surface area contributed by atoms with Crippen LogP contribution < -0.4 is 4.74 Å². The van der Waals surface area contributed by atoms with Crippen molar-refractivity contribution < 1.29 is 27.9 Å². The summed E-state index contributed by atoms with van der Waals surface area (Å²) in [5.74, 6) is 0.319. The van der Waals surface area contributed by atoms with Crippen molar-refractivity contribution in [3.8, 4) is 28.3 Å². The van der Waals surface area contributed by atoms with E-state index in [2.05, 4.69) is 4.57 Å². The Balaban J connectivity index is 0.00000451. The first-order chi connectivity index (χ1) is 22.5. The number of ether oxygens (including phenoxy) is 1. The molecular formula is C37H38ClN3O6S. The Morgan fingerprint density at radius 1 is 0.875 bits per heavy atom. The van der Waals surface area contributed by atoms with Crippen molar-refractivity contribution in [1.82, 2.24) is 14.5 Å². The Morgan fingerprint density at radius 2 is 1.52 bits per heavy atom. The molecule has 0 atom stereocenters. The number of aromatic nitrogens is 2. The average molecular weight is 688 g/mol. The number of nitrogens with zero attached hydrogens (tertiary/aromatic N) is 3. The van der Waals surface area contributed by atoms with Crippen LogP contribution in [-0.4, -0.2) is 60.2 Å². The molecule has 250 valence electrons. The summed E-state index contributed by atoms with van der Waals surface area (Å²) >= 11 is 0. The van der Waals surface area contributed by atoms with Crippen LogP contribution in [0.4, 0.5) is 0 Å². The summed E-state index contributed by atoms with van der Waals surface area (Å²) < 4.78 is 32.5. The maximum atomic E-state index is 12.8. The van der Waals surface area contributed by atoms with Crippen LogP contribution in [0.1, 0.15) is 64.4 Å². The Labute approximate surface area is 286 Å². The van der Waals surface area contributed by atoms with Gasteiger partial charge in [-0.2, -0.15) is 0 Å². The van der Waals surface area contributed by atoms with E-state index in [4.69, 9.17) is 9.72 Å². The molecule has 0 spiro atoms. The Kier molecular flexibility index (Phi) is 10.3. The van der Waals surface area contributed by atoms with E-state index in [1.165, 1.54) is 17.6 Å². The molecular weight excluding hydrogens is 650 g/mol. The number of carbonyl (C=O) groups excluding carboxylic acids is 1. The molecule has 1 saturated carbocycles. The van der Waals surface area contributed by atoms with Crippen molar-refractivity contribution in [3.05, 3.63) is 102 Å². The molecule has 11 heteroatoms. The molecule has 1 aromatic heterocycles.